The first kappa shape index (κ1) is 15.5. The smallest absolute Gasteiger partial charge is 0.224 e. The molecule has 4 atom stereocenters. The van der Waals surface area contributed by atoms with Gasteiger partial charge < -0.3 is 11.1 Å². The Balaban J connectivity index is 0.00000133. The maximum Gasteiger partial charge on any atom is 0.224 e. The normalized spacial score (nSPS) is 37.9. The van der Waals surface area contributed by atoms with E-state index in [1.165, 1.54) is 43.6 Å². The zero-order valence-corrected chi connectivity index (χ0v) is 13.0. The van der Waals surface area contributed by atoms with Gasteiger partial charge in [-0.05, 0) is 61.4 Å². The predicted octanol–water partition coefficient (Wildman–Crippen LogP) is 2.04. The molecule has 3 rings (SSSR count). The number of carbonyl (C=O) groups excluding carboxylic acids is 1. The number of amides is 1. The minimum atomic E-state index is 0. The Morgan fingerprint density at radius 1 is 1.16 bits per heavy atom. The van der Waals surface area contributed by atoms with Crippen LogP contribution >= 0.6 is 24.2 Å². The van der Waals surface area contributed by atoms with Gasteiger partial charge in [-0.2, -0.15) is 11.8 Å². The van der Waals surface area contributed by atoms with E-state index in [0.29, 0.717) is 17.8 Å². The number of carbonyl (C=O) groups is 1. The van der Waals surface area contributed by atoms with Crippen molar-refractivity contribution in [1.82, 2.24) is 5.32 Å². The second-order valence-corrected chi connectivity index (χ2v) is 7.46. The van der Waals surface area contributed by atoms with Gasteiger partial charge in [-0.25, -0.2) is 0 Å². The van der Waals surface area contributed by atoms with Crippen LogP contribution in [0.15, 0.2) is 0 Å². The van der Waals surface area contributed by atoms with Crippen molar-refractivity contribution < 1.29 is 4.79 Å². The van der Waals surface area contributed by atoms with Gasteiger partial charge >= 0.3 is 0 Å². The summed E-state index contributed by atoms with van der Waals surface area (Å²) in [5.41, 5.74) is 6.21. The van der Waals surface area contributed by atoms with Crippen molar-refractivity contribution in [1.29, 1.82) is 0 Å². The van der Waals surface area contributed by atoms with Crippen molar-refractivity contribution in [3.63, 3.8) is 0 Å². The molecule has 3 fully saturated rings. The van der Waals surface area contributed by atoms with E-state index in [-0.39, 0.29) is 30.3 Å². The van der Waals surface area contributed by atoms with Crippen LogP contribution in [0.5, 0.6) is 0 Å². The number of rotatable bonds is 3. The molecule has 1 amide bonds. The average Bonchev–Trinajstić information content (AvgIpc) is 2.98. The standard InChI is InChI=1S/C14H24N2OS.ClH/c15-13-11-2-1-10(7-11)12(13)14(17)16-8-9-3-5-18-6-4-9;/h9-13H,1-8,15H2,(H,16,17);1H. The van der Waals surface area contributed by atoms with Crippen LogP contribution in [-0.4, -0.2) is 30.0 Å². The molecule has 1 saturated heterocycles. The number of hydrogen-bond acceptors (Lipinski definition) is 3. The maximum absolute atomic E-state index is 12.3. The lowest BCUT2D eigenvalue weighted by Crippen LogP contribution is -2.46. The summed E-state index contributed by atoms with van der Waals surface area (Å²) in [5, 5.41) is 3.18. The van der Waals surface area contributed by atoms with Gasteiger partial charge in [0.25, 0.3) is 0 Å². The first-order valence-electron chi connectivity index (χ1n) is 7.36. The number of thioether (sulfide) groups is 1. The first-order chi connectivity index (χ1) is 8.75. The van der Waals surface area contributed by atoms with Gasteiger partial charge in [0, 0.05) is 12.6 Å². The lowest BCUT2D eigenvalue weighted by molar-refractivity contribution is -0.127. The molecule has 3 N–H and O–H groups in total. The van der Waals surface area contributed by atoms with Crippen molar-refractivity contribution in [3.8, 4) is 0 Å². The van der Waals surface area contributed by atoms with Crippen LogP contribution in [0.3, 0.4) is 0 Å². The summed E-state index contributed by atoms with van der Waals surface area (Å²) < 4.78 is 0. The van der Waals surface area contributed by atoms with Gasteiger partial charge in [0.15, 0.2) is 0 Å². The van der Waals surface area contributed by atoms with E-state index in [1.807, 2.05) is 11.8 Å². The molecule has 1 aliphatic heterocycles. The molecular weight excluding hydrogens is 280 g/mol. The van der Waals surface area contributed by atoms with Gasteiger partial charge in [0.2, 0.25) is 5.91 Å². The highest BCUT2D eigenvalue weighted by Crippen LogP contribution is 2.47. The number of nitrogens with two attached hydrogens (primary N) is 1. The summed E-state index contributed by atoms with van der Waals surface area (Å²) >= 11 is 2.04. The summed E-state index contributed by atoms with van der Waals surface area (Å²) in [4.78, 5) is 12.3. The second-order valence-electron chi connectivity index (χ2n) is 6.24. The highest BCUT2D eigenvalue weighted by Gasteiger charge is 2.48. The molecule has 2 aliphatic carbocycles. The first-order valence-corrected chi connectivity index (χ1v) is 8.52. The number of fused-ring (bicyclic) bond motifs is 2. The fourth-order valence-corrected chi connectivity index (χ4v) is 5.24. The summed E-state index contributed by atoms with van der Waals surface area (Å²) in [5.74, 6) is 4.77. The Hall–Kier alpha value is 0.0700. The highest BCUT2D eigenvalue weighted by molar-refractivity contribution is 7.99. The highest BCUT2D eigenvalue weighted by atomic mass is 35.5. The third-order valence-corrected chi connectivity index (χ3v) is 6.24. The number of halogens is 1. The van der Waals surface area contributed by atoms with Crippen LogP contribution in [0.4, 0.5) is 0 Å². The zero-order chi connectivity index (χ0) is 12.5. The van der Waals surface area contributed by atoms with E-state index in [2.05, 4.69) is 5.32 Å². The fourth-order valence-electron chi connectivity index (χ4n) is 4.04. The third kappa shape index (κ3) is 3.22. The fraction of sp³-hybridized carbons (Fsp3) is 0.929. The lowest BCUT2D eigenvalue weighted by Gasteiger charge is -2.28. The van der Waals surface area contributed by atoms with Crippen LogP contribution in [-0.2, 0) is 4.79 Å². The van der Waals surface area contributed by atoms with Gasteiger partial charge in [-0.15, -0.1) is 12.4 Å². The van der Waals surface area contributed by atoms with Crippen molar-refractivity contribution in [3.05, 3.63) is 0 Å². The molecular formula is C14H25ClN2OS. The Bertz CT molecular complexity index is 321. The Morgan fingerprint density at radius 3 is 2.47 bits per heavy atom. The van der Waals surface area contributed by atoms with Crippen LogP contribution < -0.4 is 11.1 Å². The molecule has 1 heterocycles. The third-order valence-electron chi connectivity index (χ3n) is 5.19. The molecule has 0 radical (unpaired) electrons. The molecule has 0 aromatic carbocycles. The minimum absolute atomic E-state index is 0. The van der Waals surface area contributed by atoms with E-state index >= 15 is 0 Å². The summed E-state index contributed by atoms with van der Waals surface area (Å²) in [6, 6.07) is 0.130. The van der Waals surface area contributed by atoms with E-state index in [9.17, 15) is 4.79 Å². The van der Waals surface area contributed by atoms with Crippen molar-refractivity contribution in [2.24, 2.45) is 29.4 Å². The molecule has 0 aromatic heterocycles. The van der Waals surface area contributed by atoms with Gasteiger partial charge in [0.05, 0.1) is 5.92 Å². The SMILES string of the molecule is Cl.NC1C2CCC(C2)C1C(=O)NCC1CCSCC1. The topological polar surface area (TPSA) is 55.1 Å². The van der Waals surface area contributed by atoms with Gasteiger partial charge in [0.1, 0.15) is 0 Å². The molecule has 2 saturated carbocycles. The number of hydrogen-bond donors (Lipinski definition) is 2. The Kier molecular flexibility index (Phi) is 5.44. The predicted molar refractivity (Wildman–Crippen MR) is 82.6 cm³/mol. The van der Waals surface area contributed by atoms with Crippen molar-refractivity contribution in [2.45, 2.75) is 38.1 Å². The quantitative estimate of drug-likeness (QED) is 0.839. The Labute approximate surface area is 126 Å². The molecule has 2 bridgehead atoms. The monoisotopic (exact) mass is 304 g/mol. The lowest BCUT2D eigenvalue weighted by atomic mass is 9.84. The molecule has 19 heavy (non-hydrogen) atoms. The minimum Gasteiger partial charge on any atom is -0.356 e. The largest absolute Gasteiger partial charge is 0.356 e. The molecule has 3 aliphatic rings. The summed E-state index contributed by atoms with van der Waals surface area (Å²) in [6.07, 6.45) is 6.17. The summed E-state index contributed by atoms with van der Waals surface area (Å²) in [6.45, 7) is 0.875. The van der Waals surface area contributed by atoms with Crippen LogP contribution in [0.1, 0.15) is 32.1 Å². The molecule has 0 aromatic rings. The van der Waals surface area contributed by atoms with Crippen LogP contribution in [0.25, 0.3) is 0 Å². The molecule has 0 spiro atoms. The van der Waals surface area contributed by atoms with Crippen molar-refractivity contribution >= 4 is 30.1 Å². The maximum atomic E-state index is 12.3. The Morgan fingerprint density at radius 2 is 1.84 bits per heavy atom. The average molecular weight is 305 g/mol. The van der Waals surface area contributed by atoms with E-state index in [0.717, 1.165) is 6.54 Å². The number of nitrogens with one attached hydrogen (secondary N) is 1. The molecule has 5 heteroatoms. The van der Waals surface area contributed by atoms with Gasteiger partial charge in [-0.3, -0.25) is 4.79 Å². The van der Waals surface area contributed by atoms with Crippen LogP contribution in [0.2, 0.25) is 0 Å². The van der Waals surface area contributed by atoms with E-state index in [4.69, 9.17) is 5.73 Å². The van der Waals surface area contributed by atoms with Gasteiger partial charge in [-0.1, -0.05) is 0 Å². The second kappa shape index (κ2) is 6.68. The molecule has 110 valence electrons. The van der Waals surface area contributed by atoms with Crippen molar-refractivity contribution in [2.75, 3.05) is 18.1 Å². The molecule has 4 unspecified atom stereocenters. The zero-order valence-electron chi connectivity index (χ0n) is 11.3. The van der Waals surface area contributed by atoms with Crippen LogP contribution in [0, 0.1) is 23.7 Å². The van der Waals surface area contributed by atoms with E-state index < -0.39 is 0 Å². The molecule has 3 nitrogen and oxygen atoms in total. The summed E-state index contributed by atoms with van der Waals surface area (Å²) in [7, 11) is 0. The van der Waals surface area contributed by atoms with E-state index in [1.54, 1.807) is 0 Å².